The van der Waals surface area contributed by atoms with Crippen LogP contribution in [-0.2, 0) is 0 Å². The van der Waals surface area contributed by atoms with Crippen molar-refractivity contribution >= 4 is 21.7 Å². The summed E-state index contributed by atoms with van der Waals surface area (Å²) in [6.07, 6.45) is -1.71. The lowest BCUT2D eigenvalue weighted by Gasteiger charge is -2.24. The average Bonchev–Trinajstić information content (AvgIpc) is 2.16. The van der Waals surface area contributed by atoms with Crippen molar-refractivity contribution in [3.63, 3.8) is 0 Å². The van der Waals surface area contributed by atoms with Crippen molar-refractivity contribution < 1.29 is 13.2 Å². The molecule has 1 aromatic rings. The van der Waals surface area contributed by atoms with Gasteiger partial charge in [0.25, 0.3) is 0 Å². The molecule has 1 heterocycles. The normalized spacial score (nSPS) is 11.6. The van der Waals surface area contributed by atoms with Gasteiger partial charge in [-0.25, -0.2) is 9.97 Å². The Bertz CT molecular complexity index is 344. The molecule has 0 spiro atoms. The second-order valence-corrected chi connectivity index (χ2v) is 3.87. The first-order valence-corrected chi connectivity index (χ1v) is 5.20. The average molecular weight is 299 g/mol. The highest BCUT2D eigenvalue weighted by atomic mass is 79.9. The topological polar surface area (TPSA) is 55.0 Å². The van der Waals surface area contributed by atoms with Crippen LogP contribution in [0, 0.1) is 0 Å². The molecule has 16 heavy (non-hydrogen) atoms. The number of nitrogens with two attached hydrogens (primary N) is 1. The summed E-state index contributed by atoms with van der Waals surface area (Å²) in [7, 11) is 0. The minimum absolute atomic E-state index is 0.0785. The molecule has 0 amide bonds. The third-order valence-corrected chi connectivity index (χ3v) is 2.28. The molecule has 0 unspecified atom stereocenters. The SMILES string of the molecule is NCCN(CC(F)(F)F)c1ncncc1Br. The van der Waals surface area contributed by atoms with E-state index in [9.17, 15) is 13.2 Å². The zero-order chi connectivity index (χ0) is 12.2. The maximum absolute atomic E-state index is 12.3. The van der Waals surface area contributed by atoms with E-state index in [1.165, 1.54) is 12.5 Å². The Kier molecular flexibility index (Phi) is 4.48. The molecule has 2 N–H and O–H groups in total. The lowest BCUT2D eigenvalue weighted by Crippen LogP contribution is -2.38. The van der Waals surface area contributed by atoms with Gasteiger partial charge in [0, 0.05) is 19.3 Å². The Morgan fingerprint density at radius 2 is 2.12 bits per heavy atom. The number of nitrogens with zero attached hydrogens (tertiary/aromatic N) is 3. The molecule has 0 bridgehead atoms. The van der Waals surface area contributed by atoms with Crippen LogP contribution in [0.25, 0.3) is 0 Å². The lowest BCUT2D eigenvalue weighted by atomic mass is 10.4. The first-order chi connectivity index (χ1) is 7.44. The summed E-state index contributed by atoms with van der Waals surface area (Å²) >= 11 is 3.10. The van der Waals surface area contributed by atoms with E-state index in [1.54, 1.807) is 0 Å². The minimum atomic E-state index is -4.29. The van der Waals surface area contributed by atoms with E-state index in [-0.39, 0.29) is 18.9 Å². The lowest BCUT2D eigenvalue weighted by molar-refractivity contribution is -0.119. The van der Waals surface area contributed by atoms with E-state index in [0.717, 1.165) is 4.90 Å². The molecule has 0 aliphatic carbocycles. The van der Waals surface area contributed by atoms with Crippen LogP contribution >= 0.6 is 15.9 Å². The van der Waals surface area contributed by atoms with Crippen molar-refractivity contribution in [1.29, 1.82) is 0 Å². The van der Waals surface area contributed by atoms with Gasteiger partial charge in [-0.1, -0.05) is 0 Å². The number of hydrogen-bond acceptors (Lipinski definition) is 4. The molecule has 0 fully saturated rings. The fourth-order valence-corrected chi connectivity index (χ4v) is 1.64. The molecule has 0 saturated carbocycles. The maximum atomic E-state index is 12.3. The molecule has 1 rings (SSSR count). The first kappa shape index (κ1) is 13.2. The van der Waals surface area contributed by atoms with Crippen molar-refractivity contribution in [2.24, 2.45) is 5.73 Å². The molecule has 0 aliphatic heterocycles. The molecular formula is C8H10BrF3N4. The highest BCUT2D eigenvalue weighted by Crippen LogP contribution is 2.25. The van der Waals surface area contributed by atoms with E-state index < -0.39 is 12.7 Å². The molecule has 4 nitrogen and oxygen atoms in total. The number of alkyl halides is 3. The summed E-state index contributed by atoms with van der Waals surface area (Å²) in [6, 6.07) is 0. The molecular weight excluding hydrogens is 289 g/mol. The van der Waals surface area contributed by atoms with Crippen LogP contribution in [0.2, 0.25) is 0 Å². The fraction of sp³-hybridized carbons (Fsp3) is 0.500. The zero-order valence-corrected chi connectivity index (χ0v) is 9.79. The van der Waals surface area contributed by atoms with Crippen molar-refractivity contribution in [2.45, 2.75) is 6.18 Å². The van der Waals surface area contributed by atoms with Gasteiger partial charge in [0.2, 0.25) is 0 Å². The number of halogens is 4. The number of hydrogen-bond donors (Lipinski definition) is 1. The van der Waals surface area contributed by atoms with Crippen LogP contribution in [-0.4, -0.2) is 35.8 Å². The Hall–Kier alpha value is -0.890. The summed E-state index contributed by atoms with van der Waals surface area (Å²) in [4.78, 5) is 8.54. The Morgan fingerprint density at radius 3 is 2.62 bits per heavy atom. The van der Waals surface area contributed by atoms with Gasteiger partial charge in [0.15, 0.2) is 0 Å². The van der Waals surface area contributed by atoms with Gasteiger partial charge in [-0.2, -0.15) is 13.2 Å². The standard InChI is InChI=1S/C8H10BrF3N4/c9-6-3-14-5-15-7(6)16(2-1-13)4-8(10,11)12/h3,5H,1-2,4,13H2. The van der Waals surface area contributed by atoms with Crippen molar-refractivity contribution in [1.82, 2.24) is 9.97 Å². The quantitative estimate of drug-likeness (QED) is 0.917. The molecule has 0 saturated heterocycles. The van der Waals surface area contributed by atoms with E-state index in [4.69, 9.17) is 5.73 Å². The molecule has 0 atom stereocenters. The summed E-state index contributed by atoms with van der Waals surface area (Å²) < 4.78 is 37.3. The van der Waals surface area contributed by atoms with Crippen LogP contribution < -0.4 is 10.6 Å². The van der Waals surface area contributed by atoms with Gasteiger partial charge in [0.05, 0.1) is 4.47 Å². The molecule has 90 valence electrons. The number of anilines is 1. The van der Waals surface area contributed by atoms with Crippen LogP contribution in [0.4, 0.5) is 19.0 Å². The summed E-state index contributed by atoms with van der Waals surface area (Å²) in [5, 5.41) is 0. The Morgan fingerprint density at radius 1 is 1.44 bits per heavy atom. The fourth-order valence-electron chi connectivity index (χ4n) is 1.17. The third-order valence-electron chi connectivity index (χ3n) is 1.72. The molecule has 8 heteroatoms. The Balaban J connectivity index is 2.89. The van der Waals surface area contributed by atoms with Crippen LogP contribution in [0.3, 0.4) is 0 Å². The predicted molar refractivity (Wildman–Crippen MR) is 57.1 cm³/mol. The van der Waals surface area contributed by atoms with Gasteiger partial charge in [-0.05, 0) is 15.9 Å². The highest BCUT2D eigenvalue weighted by molar-refractivity contribution is 9.10. The predicted octanol–water partition coefficient (Wildman–Crippen LogP) is 1.57. The van der Waals surface area contributed by atoms with Gasteiger partial charge >= 0.3 is 6.18 Å². The second kappa shape index (κ2) is 5.44. The number of aromatic nitrogens is 2. The second-order valence-electron chi connectivity index (χ2n) is 3.02. The van der Waals surface area contributed by atoms with Gasteiger partial charge in [-0.15, -0.1) is 0 Å². The first-order valence-electron chi connectivity index (χ1n) is 4.41. The van der Waals surface area contributed by atoms with Crippen LogP contribution in [0.1, 0.15) is 0 Å². The van der Waals surface area contributed by atoms with Crippen molar-refractivity contribution in [3.8, 4) is 0 Å². The summed E-state index contributed by atoms with van der Waals surface area (Å²) in [5.41, 5.74) is 5.27. The summed E-state index contributed by atoms with van der Waals surface area (Å²) in [6.45, 7) is -0.887. The van der Waals surface area contributed by atoms with Crippen LogP contribution in [0.15, 0.2) is 17.0 Å². The minimum Gasteiger partial charge on any atom is -0.345 e. The van der Waals surface area contributed by atoms with E-state index in [2.05, 4.69) is 25.9 Å². The Labute approximate surface area is 98.8 Å². The van der Waals surface area contributed by atoms with Crippen LogP contribution in [0.5, 0.6) is 0 Å². The van der Waals surface area contributed by atoms with E-state index in [1.807, 2.05) is 0 Å². The number of rotatable bonds is 4. The highest BCUT2D eigenvalue weighted by Gasteiger charge is 2.31. The zero-order valence-electron chi connectivity index (χ0n) is 8.21. The third kappa shape index (κ3) is 3.93. The van der Waals surface area contributed by atoms with Gasteiger partial charge < -0.3 is 10.6 Å². The van der Waals surface area contributed by atoms with E-state index in [0.29, 0.717) is 4.47 Å². The molecule has 0 aromatic carbocycles. The molecule has 0 radical (unpaired) electrons. The smallest absolute Gasteiger partial charge is 0.345 e. The van der Waals surface area contributed by atoms with Gasteiger partial charge in [0.1, 0.15) is 18.7 Å². The monoisotopic (exact) mass is 298 g/mol. The summed E-state index contributed by atoms with van der Waals surface area (Å²) in [5.74, 6) is 0.192. The van der Waals surface area contributed by atoms with E-state index >= 15 is 0 Å². The molecule has 1 aromatic heterocycles. The largest absolute Gasteiger partial charge is 0.405 e. The van der Waals surface area contributed by atoms with Crippen molar-refractivity contribution in [2.75, 3.05) is 24.5 Å². The van der Waals surface area contributed by atoms with Gasteiger partial charge in [-0.3, -0.25) is 0 Å². The van der Waals surface area contributed by atoms with Crippen molar-refractivity contribution in [3.05, 3.63) is 17.0 Å². The molecule has 0 aliphatic rings. The maximum Gasteiger partial charge on any atom is 0.405 e.